The van der Waals surface area contributed by atoms with E-state index in [1.165, 1.54) is 0 Å². The Morgan fingerprint density at radius 3 is 1.25 bits per heavy atom. The van der Waals surface area contributed by atoms with Crippen LogP contribution < -0.4 is 0 Å². The third-order valence-electron chi connectivity index (χ3n) is 2.72. The van der Waals surface area contributed by atoms with Gasteiger partial charge in [-0.05, 0) is 12.2 Å². The first-order chi connectivity index (χ1) is 9.77. The van der Waals surface area contributed by atoms with Gasteiger partial charge in [0.15, 0.2) is 0 Å². The maximum Gasteiger partial charge on any atom is 0.361 e. The molecule has 7 heteroatoms. The Morgan fingerprint density at radius 2 is 0.950 bits per heavy atom. The normalized spacial score (nSPS) is 24.6. The first-order valence-electron chi connectivity index (χ1n) is 6.99. The van der Waals surface area contributed by atoms with E-state index in [1.807, 2.05) is 6.55 Å². The molecule has 0 aliphatic carbocycles. The maximum absolute atomic E-state index is 5.76. The van der Waals surface area contributed by atoms with Crippen molar-refractivity contribution >= 4 is 8.56 Å². The highest BCUT2D eigenvalue weighted by Crippen LogP contribution is 2.08. The molecule has 0 bridgehead atoms. The first kappa shape index (κ1) is 17.8. The first-order valence-corrected chi connectivity index (χ1v) is 9.39. The van der Waals surface area contributed by atoms with E-state index in [0.717, 1.165) is 0 Å². The SMILES string of the molecule is C=C[Si]1(C)OCCOCCOCCOCCOCCO1. The summed E-state index contributed by atoms with van der Waals surface area (Å²) in [5, 5.41) is 0. The summed E-state index contributed by atoms with van der Waals surface area (Å²) in [5.41, 5.74) is 1.77. The summed E-state index contributed by atoms with van der Waals surface area (Å²) in [4.78, 5) is 0. The van der Waals surface area contributed by atoms with Crippen LogP contribution in [0.25, 0.3) is 0 Å². The lowest BCUT2D eigenvalue weighted by Gasteiger charge is -2.23. The highest BCUT2D eigenvalue weighted by molar-refractivity contribution is 6.71. The largest absolute Gasteiger partial charge is 0.389 e. The van der Waals surface area contributed by atoms with Crippen molar-refractivity contribution in [1.29, 1.82) is 0 Å². The molecule has 1 fully saturated rings. The van der Waals surface area contributed by atoms with E-state index in [9.17, 15) is 0 Å². The minimum Gasteiger partial charge on any atom is -0.389 e. The summed E-state index contributed by atoms with van der Waals surface area (Å²) >= 11 is 0. The molecule has 118 valence electrons. The van der Waals surface area contributed by atoms with E-state index in [2.05, 4.69) is 6.58 Å². The van der Waals surface area contributed by atoms with Gasteiger partial charge in [-0.3, -0.25) is 0 Å². The summed E-state index contributed by atoms with van der Waals surface area (Å²) in [5.74, 6) is 0. The third kappa shape index (κ3) is 8.80. The lowest BCUT2D eigenvalue weighted by Crippen LogP contribution is -2.38. The molecular formula is C13H26O6Si. The van der Waals surface area contributed by atoms with Gasteiger partial charge >= 0.3 is 8.56 Å². The number of rotatable bonds is 1. The van der Waals surface area contributed by atoms with Gasteiger partial charge < -0.3 is 27.8 Å². The van der Waals surface area contributed by atoms with Gasteiger partial charge in [-0.15, -0.1) is 6.58 Å². The Morgan fingerprint density at radius 1 is 0.650 bits per heavy atom. The van der Waals surface area contributed by atoms with Gasteiger partial charge in [-0.1, -0.05) is 0 Å². The molecule has 0 aromatic heterocycles. The van der Waals surface area contributed by atoms with Gasteiger partial charge in [0, 0.05) is 0 Å². The molecular weight excluding hydrogens is 280 g/mol. The minimum absolute atomic E-state index is 0.499. The van der Waals surface area contributed by atoms with Crippen LogP contribution in [0.15, 0.2) is 12.3 Å². The second-order valence-electron chi connectivity index (χ2n) is 4.37. The summed E-state index contributed by atoms with van der Waals surface area (Å²) < 4.78 is 33.1. The van der Waals surface area contributed by atoms with Crippen molar-refractivity contribution in [2.75, 3.05) is 66.1 Å². The predicted octanol–water partition coefficient (Wildman–Crippen LogP) is 0.897. The van der Waals surface area contributed by atoms with Crippen molar-refractivity contribution in [3.8, 4) is 0 Å². The molecule has 1 aliphatic heterocycles. The lowest BCUT2D eigenvalue weighted by atomic mass is 10.7. The second-order valence-corrected chi connectivity index (χ2v) is 7.38. The van der Waals surface area contributed by atoms with E-state index < -0.39 is 8.56 Å². The highest BCUT2D eigenvalue weighted by atomic mass is 28.4. The van der Waals surface area contributed by atoms with Gasteiger partial charge in [0.1, 0.15) is 0 Å². The van der Waals surface area contributed by atoms with Crippen LogP contribution in [-0.2, 0) is 27.8 Å². The number of hydrogen-bond donors (Lipinski definition) is 0. The van der Waals surface area contributed by atoms with Crippen molar-refractivity contribution in [2.45, 2.75) is 6.55 Å². The molecule has 0 aromatic carbocycles. The Hall–Kier alpha value is -0.283. The molecule has 20 heavy (non-hydrogen) atoms. The quantitative estimate of drug-likeness (QED) is 0.671. The van der Waals surface area contributed by atoms with Crippen LogP contribution in [0.2, 0.25) is 6.55 Å². The van der Waals surface area contributed by atoms with Gasteiger partial charge in [0.2, 0.25) is 0 Å². The molecule has 1 heterocycles. The second kappa shape index (κ2) is 11.4. The van der Waals surface area contributed by atoms with Crippen molar-refractivity contribution in [2.24, 2.45) is 0 Å². The van der Waals surface area contributed by atoms with Gasteiger partial charge in [-0.25, -0.2) is 0 Å². The van der Waals surface area contributed by atoms with Crippen LogP contribution in [-0.4, -0.2) is 74.6 Å². The molecule has 0 radical (unpaired) electrons. The van der Waals surface area contributed by atoms with E-state index in [-0.39, 0.29) is 0 Å². The summed E-state index contributed by atoms with van der Waals surface area (Å²) in [6, 6.07) is 0. The molecule has 0 aromatic rings. The fourth-order valence-electron chi connectivity index (χ4n) is 1.53. The van der Waals surface area contributed by atoms with E-state index in [4.69, 9.17) is 27.8 Å². The Labute approximate surface area is 122 Å². The molecule has 0 atom stereocenters. The van der Waals surface area contributed by atoms with Crippen LogP contribution in [0, 0.1) is 0 Å². The lowest BCUT2D eigenvalue weighted by molar-refractivity contribution is -0.00426. The summed E-state index contributed by atoms with van der Waals surface area (Å²) in [6.07, 6.45) is 0. The highest BCUT2D eigenvalue weighted by Gasteiger charge is 2.27. The zero-order valence-electron chi connectivity index (χ0n) is 12.3. The number of ether oxygens (including phenoxy) is 4. The Bertz CT molecular complexity index is 233. The fourth-order valence-corrected chi connectivity index (χ4v) is 2.82. The van der Waals surface area contributed by atoms with Gasteiger partial charge in [0.25, 0.3) is 0 Å². The van der Waals surface area contributed by atoms with Crippen LogP contribution >= 0.6 is 0 Å². The van der Waals surface area contributed by atoms with E-state index in [0.29, 0.717) is 66.1 Å². The van der Waals surface area contributed by atoms with Gasteiger partial charge in [0.05, 0.1) is 66.1 Å². The molecule has 0 saturated carbocycles. The molecule has 0 spiro atoms. The smallest absolute Gasteiger partial charge is 0.361 e. The maximum atomic E-state index is 5.76. The zero-order chi connectivity index (χ0) is 14.5. The molecule has 6 nitrogen and oxygen atoms in total. The molecule has 0 N–H and O–H groups in total. The molecule has 1 aliphatic rings. The number of hydrogen-bond acceptors (Lipinski definition) is 6. The average molecular weight is 306 g/mol. The molecule has 0 unspecified atom stereocenters. The zero-order valence-corrected chi connectivity index (χ0v) is 13.3. The van der Waals surface area contributed by atoms with Crippen molar-refractivity contribution in [1.82, 2.24) is 0 Å². The summed E-state index contributed by atoms with van der Waals surface area (Å²) in [7, 11) is -2.31. The standard InChI is InChI=1S/C13H26O6Si/c1-3-20(2)18-12-10-16-8-6-14-4-5-15-7-9-17-11-13-19-20/h3H,1,4-13H2,2H3. The van der Waals surface area contributed by atoms with Crippen molar-refractivity contribution < 1.29 is 27.8 Å². The molecule has 1 saturated heterocycles. The van der Waals surface area contributed by atoms with E-state index >= 15 is 0 Å². The minimum atomic E-state index is -2.31. The fraction of sp³-hybridized carbons (Fsp3) is 0.846. The third-order valence-corrected chi connectivity index (χ3v) is 5.02. The van der Waals surface area contributed by atoms with Crippen LogP contribution in [0.4, 0.5) is 0 Å². The average Bonchev–Trinajstić information content (AvgIpc) is 2.46. The predicted molar refractivity (Wildman–Crippen MR) is 77.0 cm³/mol. The Balaban J connectivity index is 2.28. The van der Waals surface area contributed by atoms with Crippen LogP contribution in [0.3, 0.4) is 0 Å². The van der Waals surface area contributed by atoms with Crippen LogP contribution in [0.5, 0.6) is 0 Å². The molecule has 1 rings (SSSR count). The van der Waals surface area contributed by atoms with Crippen molar-refractivity contribution in [3.63, 3.8) is 0 Å². The monoisotopic (exact) mass is 306 g/mol. The van der Waals surface area contributed by atoms with Crippen molar-refractivity contribution in [3.05, 3.63) is 12.3 Å². The summed E-state index contributed by atoms with van der Waals surface area (Å²) in [6.45, 7) is 11.2. The topological polar surface area (TPSA) is 55.4 Å². The van der Waals surface area contributed by atoms with E-state index in [1.54, 1.807) is 5.70 Å². The van der Waals surface area contributed by atoms with Crippen LogP contribution in [0.1, 0.15) is 0 Å². The van der Waals surface area contributed by atoms with Gasteiger partial charge in [-0.2, -0.15) is 0 Å². The Kier molecular flexibility index (Phi) is 10.1. The molecule has 0 amide bonds.